The van der Waals surface area contributed by atoms with Gasteiger partial charge in [-0.15, -0.1) is 9.24 Å². The van der Waals surface area contributed by atoms with Crippen molar-refractivity contribution in [3.63, 3.8) is 0 Å². The molecular weight excluding hydrogens is 439 g/mol. The van der Waals surface area contributed by atoms with E-state index < -0.39 is 0 Å². The first-order valence-electron chi connectivity index (χ1n) is 14.3. The molecule has 1 unspecified atom stereocenters. The van der Waals surface area contributed by atoms with Gasteiger partial charge in [0.25, 0.3) is 0 Å². The maximum atomic E-state index is 3.06. The van der Waals surface area contributed by atoms with E-state index in [0.717, 1.165) is 0 Å². The molecule has 0 amide bonds. The van der Waals surface area contributed by atoms with Crippen LogP contribution in [0.4, 0.5) is 0 Å². The molecule has 0 aliphatic heterocycles. The smallest absolute Gasteiger partial charge is 0.00307 e. The van der Waals surface area contributed by atoms with Crippen LogP contribution in [0.15, 0.2) is 54.6 Å². The van der Waals surface area contributed by atoms with Crippen molar-refractivity contribution in [3.8, 4) is 22.3 Å². The lowest BCUT2D eigenvalue weighted by atomic mass is 9.84. The SMILES string of the molecule is CCCCc1cccc(-c2cccc(P)c2-c2cccc(CCCC)c2CCCC)c1CCCC. The minimum Gasteiger partial charge on any atom is -0.105 e. The Kier molecular flexibility index (Phi) is 11.5. The Bertz CT molecular complexity index is 1060. The third kappa shape index (κ3) is 7.07. The largest absolute Gasteiger partial charge is 0.105 e. The first-order chi connectivity index (χ1) is 17.2. The van der Waals surface area contributed by atoms with Crippen molar-refractivity contribution in [2.75, 3.05) is 0 Å². The van der Waals surface area contributed by atoms with Gasteiger partial charge in [-0.3, -0.25) is 0 Å². The number of unbranched alkanes of at least 4 members (excludes halogenated alkanes) is 4. The Labute approximate surface area is 218 Å². The predicted molar refractivity (Wildman–Crippen MR) is 161 cm³/mol. The summed E-state index contributed by atoms with van der Waals surface area (Å²) in [5.41, 5.74) is 12.0. The third-order valence-electron chi connectivity index (χ3n) is 7.36. The van der Waals surface area contributed by atoms with Crippen LogP contribution in [0, 0.1) is 0 Å². The predicted octanol–water partition coefficient (Wildman–Crippen LogP) is 9.89. The fourth-order valence-electron chi connectivity index (χ4n) is 5.35. The first kappa shape index (κ1) is 27.7. The molecule has 35 heavy (non-hydrogen) atoms. The lowest BCUT2D eigenvalue weighted by Gasteiger charge is -2.22. The monoisotopic (exact) mass is 486 g/mol. The molecule has 0 aliphatic rings. The first-order valence-corrected chi connectivity index (χ1v) is 14.8. The standard InChI is InChI=1S/C34H47P/c1-5-9-16-26-18-13-22-30(28(26)20-11-7-3)32-24-15-25-33(35)34(32)31-23-14-19-27(17-10-6-2)29(31)21-12-8-4/h13-15,18-19,22-25H,5-12,16-17,20-21,35H2,1-4H3. The van der Waals surface area contributed by atoms with Crippen LogP contribution in [-0.2, 0) is 25.7 Å². The molecule has 0 saturated heterocycles. The molecule has 0 spiro atoms. The Morgan fingerprint density at radius 3 is 1.46 bits per heavy atom. The zero-order valence-electron chi connectivity index (χ0n) is 22.8. The normalized spacial score (nSPS) is 11.2. The van der Waals surface area contributed by atoms with Gasteiger partial charge in [0.15, 0.2) is 0 Å². The Hall–Kier alpha value is -1.91. The molecule has 3 aromatic rings. The van der Waals surface area contributed by atoms with E-state index in [1.165, 1.54) is 105 Å². The fraction of sp³-hybridized carbons (Fsp3) is 0.471. The van der Waals surface area contributed by atoms with Gasteiger partial charge in [-0.2, -0.15) is 0 Å². The maximum absolute atomic E-state index is 3.06. The Morgan fingerprint density at radius 1 is 0.486 bits per heavy atom. The second-order valence-electron chi connectivity index (χ2n) is 10.1. The second-order valence-corrected chi connectivity index (χ2v) is 10.7. The summed E-state index contributed by atoms with van der Waals surface area (Å²) in [6.45, 7) is 9.22. The fourth-order valence-corrected chi connectivity index (χ4v) is 5.77. The zero-order chi connectivity index (χ0) is 25.0. The second kappa shape index (κ2) is 14.6. The molecule has 3 rings (SSSR count). The van der Waals surface area contributed by atoms with E-state index in [1.54, 1.807) is 22.3 Å². The lowest BCUT2D eigenvalue weighted by molar-refractivity contribution is 0.758. The van der Waals surface area contributed by atoms with Crippen molar-refractivity contribution >= 4 is 14.5 Å². The van der Waals surface area contributed by atoms with Crippen molar-refractivity contribution < 1.29 is 0 Å². The van der Waals surface area contributed by atoms with Crippen molar-refractivity contribution in [1.29, 1.82) is 0 Å². The zero-order valence-corrected chi connectivity index (χ0v) is 23.9. The molecule has 1 atom stereocenters. The summed E-state index contributed by atoms with van der Waals surface area (Å²) in [6.07, 6.45) is 14.7. The van der Waals surface area contributed by atoms with Crippen LogP contribution >= 0.6 is 9.24 Å². The summed E-state index contributed by atoms with van der Waals surface area (Å²) < 4.78 is 0. The maximum Gasteiger partial charge on any atom is -0.00307 e. The van der Waals surface area contributed by atoms with Gasteiger partial charge < -0.3 is 0 Å². The number of benzene rings is 3. The van der Waals surface area contributed by atoms with Crippen LogP contribution in [0.1, 0.15) is 101 Å². The molecule has 0 heterocycles. The van der Waals surface area contributed by atoms with Crippen molar-refractivity contribution in [1.82, 2.24) is 0 Å². The Balaban J connectivity index is 2.23. The molecule has 0 aromatic heterocycles. The van der Waals surface area contributed by atoms with E-state index in [2.05, 4.69) is 91.5 Å². The number of hydrogen-bond donors (Lipinski definition) is 0. The molecule has 0 nitrogen and oxygen atoms in total. The van der Waals surface area contributed by atoms with Gasteiger partial charge in [0.1, 0.15) is 0 Å². The molecule has 0 N–H and O–H groups in total. The molecule has 3 aromatic carbocycles. The van der Waals surface area contributed by atoms with Crippen LogP contribution in [0.25, 0.3) is 22.3 Å². The molecule has 0 aliphatic carbocycles. The summed E-state index contributed by atoms with van der Waals surface area (Å²) in [5, 5.41) is 1.31. The van der Waals surface area contributed by atoms with E-state index in [-0.39, 0.29) is 0 Å². The van der Waals surface area contributed by atoms with Crippen molar-refractivity contribution in [2.24, 2.45) is 0 Å². The molecule has 1 heteroatoms. The number of rotatable bonds is 14. The van der Waals surface area contributed by atoms with Crippen LogP contribution in [0.3, 0.4) is 0 Å². The van der Waals surface area contributed by atoms with E-state index in [9.17, 15) is 0 Å². The molecule has 0 bridgehead atoms. The summed E-state index contributed by atoms with van der Waals surface area (Å²) in [7, 11) is 3.06. The Morgan fingerprint density at radius 2 is 0.914 bits per heavy atom. The summed E-state index contributed by atoms with van der Waals surface area (Å²) >= 11 is 0. The molecule has 0 saturated carbocycles. The van der Waals surface area contributed by atoms with Crippen LogP contribution in [-0.4, -0.2) is 0 Å². The highest BCUT2D eigenvalue weighted by Gasteiger charge is 2.19. The van der Waals surface area contributed by atoms with Gasteiger partial charge in [0, 0.05) is 0 Å². The van der Waals surface area contributed by atoms with Crippen molar-refractivity contribution in [3.05, 3.63) is 76.9 Å². The minimum absolute atomic E-state index is 1.17. The number of hydrogen-bond acceptors (Lipinski definition) is 0. The van der Waals surface area contributed by atoms with Gasteiger partial charge >= 0.3 is 0 Å². The summed E-state index contributed by atoms with van der Waals surface area (Å²) in [6, 6.07) is 21.0. The minimum atomic E-state index is 1.17. The molecular formula is C34H47P. The quantitative estimate of drug-likeness (QED) is 0.199. The average molecular weight is 487 g/mol. The van der Waals surface area contributed by atoms with Gasteiger partial charge in [0.05, 0.1) is 0 Å². The summed E-state index contributed by atoms with van der Waals surface area (Å²) in [4.78, 5) is 0. The average Bonchev–Trinajstić information content (AvgIpc) is 2.88. The topological polar surface area (TPSA) is 0 Å². The van der Waals surface area contributed by atoms with Crippen LogP contribution in [0.2, 0.25) is 0 Å². The molecule has 0 radical (unpaired) electrons. The number of aryl methyl sites for hydroxylation is 2. The highest BCUT2D eigenvalue weighted by Crippen LogP contribution is 2.38. The van der Waals surface area contributed by atoms with E-state index >= 15 is 0 Å². The van der Waals surface area contributed by atoms with Crippen molar-refractivity contribution in [2.45, 2.75) is 105 Å². The van der Waals surface area contributed by atoms with Gasteiger partial charge in [-0.25, -0.2) is 0 Å². The van der Waals surface area contributed by atoms with E-state index in [1.807, 2.05) is 0 Å². The van der Waals surface area contributed by atoms with Crippen LogP contribution < -0.4 is 5.30 Å². The summed E-state index contributed by atoms with van der Waals surface area (Å²) in [5.74, 6) is 0. The highest BCUT2D eigenvalue weighted by atomic mass is 31.0. The molecule has 0 fully saturated rings. The molecule has 188 valence electrons. The van der Waals surface area contributed by atoms with E-state index in [4.69, 9.17) is 0 Å². The van der Waals surface area contributed by atoms with Gasteiger partial charge in [0.2, 0.25) is 0 Å². The third-order valence-corrected chi connectivity index (χ3v) is 7.84. The van der Waals surface area contributed by atoms with Gasteiger partial charge in [-0.1, -0.05) is 108 Å². The van der Waals surface area contributed by atoms with Gasteiger partial charge in [-0.05, 0) is 101 Å². The highest BCUT2D eigenvalue weighted by molar-refractivity contribution is 7.28. The lowest BCUT2D eigenvalue weighted by Crippen LogP contribution is -2.07. The van der Waals surface area contributed by atoms with E-state index in [0.29, 0.717) is 0 Å². The van der Waals surface area contributed by atoms with Crippen LogP contribution in [0.5, 0.6) is 0 Å².